The highest BCUT2D eigenvalue weighted by Crippen LogP contribution is 2.16. The molecular formula is C12H15FO2S. The second-order valence-electron chi connectivity index (χ2n) is 3.69. The SMILES string of the molecule is CC(O)C(C)SCC(=O)c1cccc(F)c1. The molecule has 0 amide bonds. The van der Waals surface area contributed by atoms with Gasteiger partial charge in [0.25, 0.3) is 0 Å². The quantitative estimate of drug-likeness (QED) is 0.806. The number of hydrogen-bond donors (Lipinski definition) is 1. The van der Waals surface area contributed by atoms with Crippen LogP contribution in [0.3, 0.4) is 0 Å². The summed E-state index contributed by atoms with van der Waals surface area (Å²) in [7, 11) is 0. The number of carbonyl (C=O) groups excluding carboxylic acids is 1. The second kappa shape index (κ2) is 6.01. The van der Waals surface area contributed by atoms with E-state index in [1.165, 1.54) is 30.0 Å². The Kier molecular flexibility index (Phi) is 4.96. The van der Waals surface area contributed by atoms with Crippen molar-refractivity contribution in [1.29, 1.82) is 0 Å². The number of thioether (sulfide) groups is 1. The maximum atomic E-state index is 12.9. The van der Waals surface area contributed by atoms with Crippen LogP contribution in [0.2, 0.25) is 0 Å². The highest BCUT2D eigenvalue weighted by Gasteiger charge is 2.13. The van der Waals surface area contributed by atoms with E-state index >= 15 is 0 Å². The number of Topliss-reactive ketones (excluding diaryl/α,β-unsaturated/α-hetero) is 1. The van der Waals surface area contributed by atoms with Gasteiger partial charge in [-0.1, -0.05) is 19.1 Å². The molecule has 2 unspecified atom stereocenters. The largest absolute Gasteiger partial charge is 0.392 e. The Morgan fingerprint density at radius 2 is 2.19 bits per heavy atom. The van der Waals surface area contributed by atoms with Crippen LogP contribution in [0.15, 0.2) is 24.3 Å². The zero-order chi connectivity index (χ0) is 12.1. The minimum Gasteiger partial charge on any atom is -0.392 e. The van der Waals surface area contributed by atoms with Crippen LogP contribution in [0.1, 0.15) is 24.2 Å². The molecule has 2 atom stereocenters. The molecule has 0 radical (unpaired) electrons. The standard InChI is InChI=1S/C12H15FO2S/c1-8(14)9(2)16-7-12(15)10-4-3-5-11(13)6-10/h3-6,8-9,14H,7H2,1-2H3. The summed E-state index contributed by atoms with van der Waals surface area (Å²) in [4.78, 5) is 11.7. The second-order valence-corrected chi connectivity index (χ2v) is 5.06. The molecular weight excluding hydrogens is 227 g/mol. The van der Waals surface area contributed by atoms with E-state index < -0.39 is 11.9 Å². The average Bonchev–Trinajstić information content (AvgIpc) is 2.25. The summed E-state index contributed by atoms with van der Waals surface area (Å²) in [6.45, 7) is 3.54. The molecule has 2 nitrogen and oxygen atoms in total. The number of rotatable bonds is 5. The maximum Gasteiger partial charge on any atom is 0.172 e. The fraction of sp³-hybridized carbons (Fsp3) is 0.417. The van der Waals surface area contributed by atoms with Crippen LogP contribution in [0.5, 0.6) is 0 Å². The molecule has 1 N–H and O–H groups in total. The van der Waals surface area contributed by atoms with Crippen LogP contribution < -0.4 is 0 Å². The molecule has 1 rings (SSSR count). The van der Waals surface area contributed by atoms with E-state index in [1.807, 2.05) is 6.92 Å². The van der Waals surface area contributed by atoms with Gasteiger partial charge in [-0.3, -0.25) is 4.79 Å². The van der Waals surface area contributed by atoms with Gasteiger partial charge in [0.1, 0.15) is 5.82 Å². The third kappa shape index (κ3) is 3.94. The van der Waals surface area contributed by atoms with Crippen molar-refractivity contribution in [2.24, 2.45) is 0 Å². The Balaban J connectivity index is 2.53. The smallest absolute Gasteiger partial charge is 0.172 e. The molecule has 0 spiro atoms. The van der Waals surface area contributed by atoms with Gasteiger partial charge in [-0.15, -0.1) is 11.8 Å². The van der Waals surface area contributed by atoms with Gasteiger partial charge >= 0.3 is 0 Å². The van der Waals surface area contributed by atoms with Crippen molar-refractivity contribution in [2.75, 3.05) is 5.75 Å². The fourth-order valence-corrected chi connectivity index (χ4v) is 1.95. The first kappa shape index (κ1) is 13.2. The van der Waals surface area contributed by atoms with Crippen molar-refractivity contribution in [2.45, 2.75) is 25.2 Å². The highest BCUT2D eigenvalue weighted by atomic mass is 32.2. The number of ketones is 1. The average molecular weight is 242 g/mol. The molecule has 4 heteroatoms. The lowest BCUT2D eigenvalue weighted by atomic mass is 10.1. The molecule has 1 aromatic rings. The Hall–Kier alpha value is -0.870. The lowest BCUT2D eigenvalue weighted by Gasteiger charge is -2.13. The van der Waals surface area contributed by atoms with Gasteiger partial charge in [-0.25, -0.2) is 4.39 Å². The normalized spacial score (nSPS) is 14.5. The van der Waals surface area contributed by atoms with E-state index in [2.05, 4.69) is 0 Å². The molecule has 0 heterocycles. The number of aliphatic hydroxyl groups is 1. The van der Waals surface area contributed by atoms with Gasteiger partial charge < -0.3 is 5.11 Å². The van der Waals surface area contributed by atoms with Crippen molar-refractivity contribution in [1.82, 2.24) is 0 Å². The highest BCUT2D eigenvalue weighted by molar-refractivity contribution is 8.00. The van der Waals surface area contributed by atoms with Crippen molar-refractivity contribution < 1.29 is 14.3 Å². The first-order valence-corrected chi connectivity index (χ1v) is 6.14. The van der Waals surface area contributed by atoms with Crippen LogP contribution in [0.4, 0.5) is 4.39 Å². The lowest BCUT2D eigenvalue weighted by molar-refractivity contribution is 0.102. The predicted octanol–water partition coefficient (Wildman–Crippen LogP) is 2.51. The van der Waals surface area contributed by atoms with Crippen molar-refractivity contribution in [3.05, 3.63) is 35.6 Å². The molecule has 0 aliphatic carbocycles. The zero-order valence-corrected chi connectivity index (χ0v) is 10.1. The molecule has 88 valence electrons. The van der Waals surface area contributed by atoms with Gasteiger partial charge in [-0.05, 0) is 19.1 Å². The van der Waals surface area contributed by atoms with E-state index in [-0.39, 0.29) is 16.8 Å². The van der Waals surface area contributed by atoms with Gasteiger partial charge in [0.2, 0.25) is 0 Å². The lowest BCUT2D eigenvalue weighted by Crippen LogP contribution is -2.17. The molecule has 0 aromatic heterocycles. The summed E-state index contributed by atoms with van der Waals surface area (Å²) in [5, 5.41) is 9.25. The third-order valence-corrected chi connectivity index (χ3v) is 3.65. The summed E-state index contributed by atoms with van der Waals surface area (Å²) in [6, 6.07) is 5.66. The summed E-state index contributed by atoms with van der Waals surface area (Å²) in [5.74, 6) is -0.258. The number of aliphatic hydroxyl groups excluding tert-OH is 1. The van der Waals surface area contributed by atoms with Crippen molar-refractivity contribution in [3.63, 3.8) is 0 Å². The Labute approximate surface area is 98.9 Å². The van der Waals surface area contributed by atoms with E-state index in [0.29, 0.717) is 5.56 Å². The van der Waals surface area contributed by atoms with Gasteiger partial charge in [-0.2, -0.15) is 0 Å². The Morgan fingerprint density at radius 3 is 2.75 bits per heavy atom. The summed E-state index contributed by atoms with van der Waals surface area (Å²) in [5.41, 5.74) is 0.380. The topological polar surface area (TPSA) is 37.3 Å². The van der Waals surface area contributed by atoms with Crippen LogP contribution in [-0.2, 0) is 0 Å². The fourth-order valence-electron chi connectivity index (χ4n) is 1.09. The first-order valence-electron chi connectivity index (χ1n) is 5.09. The van der Waals surface area contributed by atoms with E-state index in [1.54, 1.807) is 13.0 Å². The minimum absolute atomic E-state index is 0.00231. The Bertz CT molecular complexity index is 366. The summed E-state index contributed by atoms with van der Waals surface area (Å²) < 4.78 is 12.9. The van der Waals surface area contributed by atoms with Crippen LogP contribution >= 0.6 is 11.8 Å². The van der Waals surface area contributed by atoms with Crippen molar-refractivity contribution in [3.8, 4) is 0 Å². The Morgan fingerprint density at radius 1 is 1.50 bits per heavy atom. The van der Waals surface area contributed by atoms with Gasteiger partial charge in [0.15, 0.2) is 5.78 Å². The number of carbonyl (C=O) groups is 1. The number of hydrogen-bond acceptors (Lipinski definition) is 3. The molecule has 0 bridgehead atoms. The van der Waals surface area contributed by atoms with Crippen LogP contribution in [-0.4, -0.2) is 28.0 Å². The van der Waals surface area contributed by atoms with E-state index in [9.17, 15) is 14.3 Å². The number of halogens is 1. The van der Waals surface area contributed by atoms with Crippen molar-refractivity contribution >= 4 is 17.5 Å². The first-order chi connectivity index (χ1) is 7.50. The van der Waals surface area contributed by atoms with Gasteiger partial charge in [0, 0.05) is 10.8 Å². The van der Waals surface area contributed by atoms with Crippen LogP contribution in [0, 0.1) is 5.82 Å². The van der Waals surface area contributed by atoms with E-state index in [4.69, 9.17) is 0 Å². The molecule has 0 aliphatic heterocycles. The molecule has 16 heavy (non-hydrogen) atoms. The van der Waals surface area contributed by atoms with Gasteiger partial charge in [0.05, 0.1) is 11.9 Å². The molecule has 0 aliphatic rings. The predicted molar refractivity (Wildman–Crippen MR) is 64.3 cm³/mol. The zero-order valence-electron chi connectivity index (χ0n) is 9.31. The summed E-state index contributed by atoms with van der Waals surface area (Å²) in [6.07, 6.45) is -0.453. The molecule has 0 fully saturated rings. The third-order valence-electron chi connectivity index (χ3n) is 2.30. The number of benzene rings is 1. The monoisotopic (exact) mass is 242 g/mol. The summed E-state index contributed by atoms with van der Waals surface area (Å²) >= 11 is 1.37. The van der Waals surface area contributed by atoms with E-state index in [0.717, 1.165) is 0 Å². The molecule has 0 saturated carbocycles. The molecule has 1 aromatic carbocycles. The maximum absolute atomic E-state index is 12.9. The van der Waals surface area contributed by atoms with Crippen LogP contribution in [0.25, 0.3) is 0 Å². The molecule has 0 saturated heterocycles. The minimum atomic E-state index is -0.453.